The van der Waals surface area contributed by atoms with Crippen LogP contribution in [0, 0.1) is 0 Å². The van der Waals surface area contributed by atoms with E-state index in [1.807, 2.05) is 13.8 Å². The lowest BCUT2D eigenvalue weighted by atomic mass is 10.2. The number of carboxylic acids is 1. The van der Waals surface area contributed by atoms with E-state index in [0.29, 0.717) is 39.0 Å². The molecular weight excluding hydrogens is 260 g/mol. The average molecular weight is 288 g/mol. The minimum atomic E-state index is -0.783. The first kappa shape index (κ1) is 17.4. The second-order valence-corrected chi connectivity index (χ2v) is 5.03. The fraction of sp³-hybridized carbons (Fsp3) is 0.929. The van der Waals surface area contributed by atoms with Gasteiger partial charge in [0, 0.05) is 38.9 Å². The number of aliphatic carboxylic acids is 1. The van der Waals surface area contributed by atoms with Gasteiger partial charge in [0.25, 0.3) is 0 Å². The van der Waals surface area contributed by atoms with Gasteiger partial charge in [0.1, 0.15) is 6.04 Å². The van der Waals surface area contributed by atoms with Crippen molar-refractivity contribution in [2.75, 3.05) is 46.1 Å². The Bertz CT molecular complexity index is 262. The number of nitrogens with zero attached hydrogens (tertiary/aromatic N) is 1. The van der Waals surface area contributed by atoms with Gasteiger partial charge in [-0.05, 0) is 26.7 Å². The van der Waals surface area contributed by atoms with E-state index in [0.717, 1.165) is 25.9 Å². The van der Waals surface area contributed by atoms with Crippen LogP contribution in [0.3, 0.4) is 0 Å². The van der Waals surface area contributed by atoms with Gasteiger partial charge in [0.15, 0.2) is 0 Å². The summed E-state index contributed by atoms with van der Waals surface area (Å²) in [6.07, 6.45) is 2.17. The Kier molecular flexibility index (Phi) is 8.77. The normalized spacial score (nSPS) is 16.6. The highest BCUT2D eigenvalue weighted by Crippen LogP contribution is 2.19. The Morgan fingerprint density at radius 1 is 1.25 bits per heavy atom. The maximum atomic E-state index is 11.3. The van der Waals surface area contributed by atoms with E-state index in [4.69, 9.17) is 9.47 Å². The average Bonchev–Trinajstić information content (AvgIpc) is 3.22. The molecule has 1 saturated carbocycles. The van der Waals surface area contributed by atoms with Crippen molar-refractivity contribution >= 4 is 5.97 Å². The van der Waals surface area contributed by atoms with Crippen molar-refractivity contribution in [2.45, 2.75) is 38.8 Å². The van der Waals surface area contributed by atoms with Crippen LogP contribution in [0.15, 0.2) is 0 Å². The molecule has 1 aliphatic carbocycles. The molecule has 118 valence electrons. The Morgan fingerprint density at radius 3 is 2.20 bits per heavy atom. The molecule has 2 N–H and O–H groups in total. The third-order valence-corrected chi connectivity index (χ3v) is 3.27. The van der Waals surface area contributed by atoms with Gasteiger partial charge in [-0.2, -0.15) is 0 Å². The molecule has 1 rings (SSSR count). The first-order valence-corrected chi connectivity index (χ1v) is 7.54. The first-order valence-electron chi connectivity index (χ1n) is 7.54. The lowest BCUT2D eigenvalue weighted by Gasteiger charge is -2.26. The topological polar surface area (TPSA) is 71.0 Å². The summed E-state index contributed by atoms with van der Waals surface area (Å²) >= 11 is 0. The van der Waals surface area contributed by atoms with Gasteiger partial charge in [0.05, 0.1) is 13.2 Å². The molecule has 1 atom stereocenters. The van der Waals surface area contributed by atoms with Crippen LogP contribution >= 0.6 is 0 Å². The molecule has 0 saturated heterocycles. The summed E-state index contributed by atoms with van der Waals surface area (Å²) in [6.45, 7) is 8.49. The Balaban J connectivity index is 2.38. The maximum Gasteiger partial charge on any atom is 0.322 e. The lowest BCUT2D eigenvalue weighted by molar-refractivity contribution is -0.140. The van der Waals surface area contributed by atoms with E-state index in [1.54, 1.807) is 0 Å². The molecule has 1 aliphatic rings. The van der Waals surface area contributed by atoms with Crippen LogP contribution in [0.25, 0.3) is 0 Å². The number of carbonyl (C=O) groups is 1. The molecule has 1 fully saturated rings. The summed E-state index contributed by atoms with van der Waals surface area (Å²) in [4.78, 5) is 13.4. The van der Waals surface area contributed by atoms with Gasteiger partial charge >= 0.3 is 5.97 Å². The van der Waals surface area contributed by atoms with Crippen LogP contribution in [0.4, 0.5) is 0 Å². The predicted octanol–water partition coefficient (Wildman–Crippen LogP) is 0.567. The summed E-state index contributed by atoms with van der Waals surface area (Å²) in [7, 11) is 0. The highest BCUT2D eigenvalue weighted by molar-refractivity contribution is 5.73. The SMILES string of the molecule is CCOCCN(CCOCC)CC(NC1CC1)C(=O)O. The third-order valence-electron chi connectivity index (χ3n) is 3.27. The number of rotatable bonds is 13. The van der Waals surface area contributed by atoms with Gasteiger partial charge in [0.2, 0.25) is 0 Å². The van der Waals surface area contributed by atoms with E-state index in [9.17, 15) is 9.90 Å². The number of hydrogen-bond donors (Lipinski definition) is 2. The van der Waals surface area contributed by atoms with Crippen molar-refractivity contribution in [1.29, 1.82) is 0 Å². The van der Waals surface area contributed by atoms with Crippen molar-refractivity contribution in [3.8, 4) is 0 Å². The van der Waals surface area contributed by atoms with Crippen LogP contribution in [-0.2, 0) is 14.3 Å². The zero-order valence-corrected chi connectivity index (χ0v) is 12.6. The molecule has 0 aromatic heterocycles. The maximum absolute atomic E-state index is 11.3. The van der Waals surface area contributed by atoms with Gasteiger partial charge < -0.3 is 19.9 Å². The molecule has 0 spiro atoms. The molecule has 0 amide bonds. The van der Waals surface area contributed by atoms with E-state index in [2.05, 4.69) is 10.2 Å². The summed E-state index contributed by atoms with van der Waals surface area (Å²) < 4.78 is 10.7. The van der Waals surface area contributed by atoms with Crippen LogP contribution in [0.1, 0.15) is 26.7 Å². The van der Waals surface area contributed by atoms with Gasteiger partial charge in [-0.3, -0.25) is 9.69 Å². The van der Waals surface area contributed by atoms with Crippen LogP contribution in [-0.4, -0.2) is 74.1 Å². The van der Waals surface area contributed by atoms with Crippen LogP contribution < -0.4 is 5.32 Å². The molecule has 6 heteroatoms. The molecule has 0 aliphatic heterocycles. The largest absolute Gasteiger partial charge is 0.480 e. The van der Waals surface area contributed by atoms with Gasteiger partial charge in [-0.15, -0.1) is 0 Å². The molecule has 0 aromatic carbocycles. The predicted molar refractivity (Wildman–Crippen MR) is 77.0 cm³/mol. The van der Waals surface area contributed by atoms with E-state index >= 15 is 0 Å². The monoisotopic (exact) mass is 288 g/mol. The van der Waals surface area contributed by atoms with Crippen molar-refractivity contribution in [3.05, 3.63) is 0 Å². The standard InChI is InChI=1S/C14H28N2O4/c1-3-19-9-7-16(8-10-20-4-2)11-13(14(17)18)15-12-5-6-12/h12-13,15H,3-11H2,1-2H3,(H,17,18). The highest BCUT2D eigenvalue weighted by atomic mass is 16.5. The molecule has 0 aromatic rings. The molecule has 20 heavy (non-hydrogen) atoms. The molecule has 6 nitrogen and oxygen atoms in total. The van der Waals surface area contributed by atoms with Crippen molar-refractivity contribution in [3.63, 3.8) is 0 Å². The molecule has 1 unspecified atom stereocenters. The second-order valence-electron chi connectivity index (χ2n) is 5.03. The van der Waals surface area contributed by atoms with E-state index in [-0.39, 0.29) is 0 Å². The van der Waals surface area contributed by atoms with E-state index in [1.165, 1.54) is 0 Å². The fourth-order valence-corrected chi connectivity index (χ4v) is 1.97. The number of hydrogen-bond acceptors (Lipinski definition) is 5. The quantitative estimate of drug-likeness (QED) is 0.483. The highest BCUT2D eigenvalue weighted by Gasteiger charge is 2.29. The summed E-state index contributed by atoms with van der Waals surface area (Å²) in [5.74, 6) is -0.783. The van der Waals surface area contributed by atoms with Crippen molar-refractivity contribution in [1.82, 2.24) is 10.2 Å². The smallest absolute Gasteiger partial charge is 0.322 e. The summed E-state index contributed by atoms with van der Waals surface area (Å²) in [5, 5.41) is 12.5. The number of nitrogens with one attached hydrogen (secondary N) is 1. The Labute approximate surface area is 121 Å². The zero-order valence-electron chi connectivity index (χ0n) is 12.6. The zero-order chi connectivity index (χ0) is 14.8. The minimum absolute atomic E-state index is 0.386. The van der Waals surface area contributed by atoms with Crippen LogP contribution in [0.5, 0.6) is 0 Å². The summed E-state index contributed by atoms with van der Waals surface area (Å²) in [6, 6.07) is -0.123. The number of carboxylic acid groups (broad SMARTS) is 1. The lowest BCUT2D eigenvalue weighted by Crippen LogP contribution is -2.48. The van der Waals surface area contributed by atoms with E-state index < -0.39 is 12.0 Å². The molecule has 0 bridgehead atoms. The van der Waals surface area contributed by atoms with Gasteiger partial charge in [-0.25, -0.2) is 0 Å². The third kappa shape index (κ3) is 7.79. The summed E-state index contributed by atoms with van der Waals surface area (Å²) in [5.41, 5.74) is 0. The number of ether oxygens (including phenoxy) is 2. The minimum Gasteiger partial charge on any atom is -0.480 e. The molecule has 0 heterocycles. The van der Waals surface area contributed by atoms with Gasteiger partial charge in [-0.1, -0.05) is 0 Å². The second kappa shape index (κ2) is 10.1. The first-order chi connectivity index (χ1) is 9.67. The molecular formula is C14H28N2O4. The van der Waals surface area contributed by atoms with Crippen molar-refractivity contribution < 1.29 is 19.4 Å². The molecule has 0 radical (unpaired) electrons. The Hall–Kier alpha value is -0.690. The Morgan fingerprint density at radius 2 is 1.80 bits per heavy atom. The van der Waals surface area contributed by atoms with Crippen LogP contribution in [0.2, 0.25) is 0 Å². The van der Waals surface area contributed by atoms with Crippen molar-refractivity contribution in [2.24, 2.45) is 0 Å². The fourth-order valence-electron chi connectivity index (χ4n) is 1.97.